The number of ether oxygens (including phenoxy) is 1. The first kappa shape index (κ1) is 14.8. The lowest BCUT2D eigenvalue weighted by Crippen LogP contribution is -2.19. The van der Waals surface area contributed by atoms with Crippen molar-refractivity contribution in [2.45, 2.75) is 13.5 Å². The lowest BCUT2D eigenvalue weighted by Gasteiger charge is -2.04. The number of thiazole rings is 1. The lowest BCUT2D eigenvalue weighted by molar-refractivity contribution is 0.157. The SMILES string of the molecule is C=C(C)COCCNCc1csc(-c2ccccn2)n1. The Morgan fingerprint density at radius 3 is 3.10 bits per heavy atom. The van der Waals surface area contributed by atoms with Gasteiger partial charge in [0.1, 0.15) is 5.01 Å². The molecule has 1 N–H and O–H groups in total. The van der Waals surface area contributed by atoms with Crippen LogP contribution in [-0.2, 0) is 11.3 Å². The Bertz CT molecular complexity index is 539. The van der Waals surface area contributed by atoms with Gasteiger partial charge in [0.15, 0.2) is 0 Å². The fourth-order valence-electron chi connectivity index (χ4n) is 1.60. The maximum absolute atomic E-state index is 5.42. The predicted octanol–water partition coefficient (Wildman–Crippen LogP) is 2.89. The van der Waals surface area contributed by atoms with Gasteiger partial charge in [-0.05, 0) is 19.1 Å². The average molecular weight is 289 g/mol. The summed E-state index contributed by atoms with van der Waals surface area (Å²) in [5.74, 6) is 0. The Hall–Kier alpha value is -1.56. The van der Waals surface area contributed by atoms with Gasteiger partial charge in [-0.1, -0.05) is 18.2 Å². The number of hydrogen-bond acceptors (Lipinski definition) is 5. The quantitative estimate of drug-likeness (QED) is 0.599. The zero-order valence-electron chi connectivity index (χ0n) is 11.6. The summed E-state index contributed by atoms with van der Waals surface area (Å²) in [6.45, 7) is 8.62. The van der Waals surface area contributed by atoms with E-state index in [2.05, 4.69) is 27.2 Å². The van der Waals surface area contributed by atoms with Crippen LogP contribution in [0.3, 0.4) is 0 Å². The molecule has 0 aromatic carbocycles. The van der Waals surface area contributed by atoms with Gasteiger partial charge >= 0.3 is 0 Å². The molecule has 0 unspecified atom stereocenters. The van der Waals surface area contributed by atoms with Crippen molar-refractivity contribution in [3.63, 3.8) is 0 Å². The van der Waals surface area contributed by atoms with E-state index in [1.54, 1.807) is 17.5 Å². The number of nitrogens with zero attached hydrogens (tertiary/aromatic N) is 2. The second-order valence-corrected chi connectivity index (χ2v) is 5.40. The molecule has 0 amide bonds. The second-order valence-electron chi connectivity index (χ2n) is 4.55. The smallest absolute Gasteiger partial charge is 0.142 e. The minimum Gasteiger partial charge on any atom is -0.376 e. The summed E-state index contributed by atoms with van der Waals surface area (Å²) in [7, 11) is 0. The van der Waals surface area contributed by atoms with E-state index in [0.29, 0.717) is 13.2 Å². The zero-order chi connectivity index (χ0) is 14.2. The minimum absolute atomic E-state index is 0.627. The molecule has 0 fully saturated rings. The van der Waals surface area contributed by atoms with Crippen LogP contribution in [0.15, 0.2) is 41.9 Å². The van der Waals surface area contributed by atoms with Gasteiger partial charge in [0.25, 0.3) is 0 Å². The molecule has 2 aromatic heterocycles. The molecule has 0 bridgehead atoms. The number of aromatic nitrogens is 2. The minimum atomic E-state index is 0.627. The molecule has 5 heteroatoms. The van der Waals surface area contributed by atoms with E-state index in [0.717, 1.165) is 35.1 Å². The monoisotopic (exact) mass is 289 g/mol. The molecule has 0 aliphatic carbocycles. The number of hydrogen-bond donors (Lipinski definition) is 1. The Labute approximate surface area is 123 Å². The first-order chi connectivity index (χ1) is 9.75. The van der Waals surface area contributed by atoms with Crippen LogP contribution in [0.2, 0.25) is 0 Å². The summed E-state index contributed by atoms with van der Waals surface area (Å²) in [5.41, 5.74) is 3.01. The van der Waals surface area contributed by atoms with E-state index in [1.165, 1.54) is 0 Å². The fraction of sp³-hybridized carbons (Fsp3) is 0.333. The molecule has 0 spiro atoms. The Morgan fingerprint density at radius 2 is 2.35 bits per heavy atom. The van der Waals surface area contributed by atoms with Gasteiger partial charge in [0.2, 0.25) is 0 Å². The third kappa shape index (κ3) is 4.85. The molecule has 2 rings (SSSR count). The fourth-order valence-corrected chi connectivity index (χ4v) is 2.40. The Morgan fingerprint density at radius 1 is 1.45 bits per heavy atom. The molecule has 2 heterocycles. The molecular formula is C15H19N3OS. The molecule has 106 valence electrons. The van der Waals surface area contributed by atoms with E-state index < -0.39 is 0 Å². The summed E-state index contributed by atoms with van der Waals surface area (Å²) in [6, 6.07) is 5.85. The first-order valence-electron chi connectivity index (χ1n) is 6.54. The maximum atomic E-state index is 5.42. The van der Waals surface area contributed by atoms with Crippen molar-refractivity contribution < 1.29 is 4.74 Å². The topological polar surface area (TPSA) is 47.0 Å². The van der Waals surface area contributed by atoms with Crippen molar-refractivity contribution in [1.82, 2.24) is 15.3 Å². The molecule has 4 nitrogen and oxygen atoms in total. The van der Waals surface area contributed by atoms with E-state index in [1.807, 2.05) is 25.1 Å². The van der Waals surface area contributed by atoms with Crippen LogP contribution >= 0.6 is 11.3 Å². The van der Waals surface area contributed by atoms with Gasteiger partial charge < -0.3 is 10.1 Å². The Kier molecular flexibility index (Phi) is 5.86. The highest BCUT2D eigenvalue weighted by molar-refractivity contribution is 7.13. The summed E-state index contributed by atoms with van der Waals surface area (Å²) in [4.78, 5) is 8.86. The lowest BCUT2D eigenvalue weighted by atomic mass is 10.3. The van der Waals surface area contributed by atoms with Crippen LogP contribution in [0.1, 0.15) is 12.6 Å². The standard InChI is InChI=1S/C15H19N3OS/c1-12(2)10-19-8-7-16-9-13-11-20-15(18-13)14-5-3-4-6-17-14/h3-6,11,16H,1,7-10H2,2H3. The molecule has 0 radical (unpaired) electrons. The van der Waals surface area contributed by atoms with Crippen molar-refractivity contribution in [3.05, 3.63) is 47.6 Å². The number of nitrogens with one attached hydrogen (secondary N) is 1. The van der Waals surface area contributed by atoms with Crippen LogP contribution in [0, 0.1) is 0 Å². The molecular weight excluding hydrogens is 270 g/mol. The highest BCUT2D eigenvalue weighted by Gasteiger charge is 2.04. The van der Waals surface area contributed by atoms with E-state index in [9.17, 15) is 0 Å². The molecule has 0 saturated heterocycles. The van der Waals surface area contributed by atoms with Crippen molar-refractivity contribution in [1.29, 1.82) is 0 Å². The van der Waals surface area contributed by atoms with Crippen LogP contribution in [-0.4, -0.2) is 29.7 Å². The summed E-state index contributed by atoms with van der Waals surface area (Å²) >= 11 is 1.62. The average Bonchev–Trinajstić information content (AvgIpc) is 2.92. The zero-order valence-corrected chi connectivity index (χ0v) is 12.4. The summed E-state index contributed by atoms with van der Waals surface area (Å²) < 4.78 is 5.42. The van der Waals surface area contributed by atoms with Gasteiger partial charge in [-0.2, -0.15) is 0 Å². The number of pyridine rings is 1. The molecule has 0 aliphatic rings. The maximum Gasteiger partial charge on any atom is 0.142 e. The molecule has 0 saturated carbocycles. The van der Waals surface area contributed by atoms with Crippen molar-refractivity contribution in [2.24, 2.45) is 0 Å². The first-order valence-corrected chi connectivity index (χ1v) is 7.42. The van der Waals surface area contributed by atoms with Gasteiger partial charge in [0, 0.05) is 24.7 Å². The van der Waals surface area contributed by atoms with E-state index in [-0.39, 0.29) is 0 Å². The van der Waals surface area contributed by atoms with Gasteiger partial charge in [-0.25, -0.2) is 4.98 Å². The highest BCUT2D eigenvalue weighted by Crippen LogP contribution is 2.20. The van der Waals surface area contributed by atoms with Gasteiger partial charge in [0.05, 0.1) is 24.6 Å². The summed E-state index contributed by atoms with van der Waals surface area (Å²) in [5, 5.41) is 6.33. The van der Waals surface area contributed by atoms with Crippen LogP contribution in [0.25, 0.3) is 10.7 Å². The molecule has 0 aliphatic heterocycles. The van der Waals surface area contributed by atoms with E-state index >= 15 is 0 Å². The van der Waals surface area contributed by atoms with Crippen LogP contribution in [0.5, 0.6) is 0 Å². The third-order valence-corrected chi connectivity index (χ3v) is 3.43. The van der Waals surface area contributed by atoms with Crippen molar-refractivity contribution >= 4 is 11.3 Å². The Balaban J connectivity index is 1.72. The number of rotatable bonds is 8. The summed E-state index contributed by atoms with van der Waals surface area (Å²) in [6.07, 6.45) is 1.79. The van der Waals surface area contributed by atoms with Crippen molar-refractivity contribution in [3.8, 4) is 10.7 Å². The molecule has 2 aromatic rings. The molecule has 20 heavy (non-hydrogen) atoms. The second kappa shape index (κ2) is 7.89. The largest absolute Gasteiger partial charge is 0.376 e. The molecule has 0 atom stereocenters. The normalized spacial score (nSPS) is 10.7. The van der Waals surface area contributed by atoms with Crippen LogP contribution < -0.4 is 5.32 Å². The van der Waals surface area contributed by atoms with Gasteiger partial charge in [-0.15, -0.1) is 11.3 Å². The predicted molar refractivity (Wildman–Crippen MR) is 82.7 cm³/mol. The van der Waals surface area contributed by atoms with E-state index in [4.69, 9.17) is 4.74 Å². The van der Waals surface area contributed by atoms with Crippen molar-refractivity contribution in [2.75, 3.05) is 19.8 Å². The van der Waals surface area contributed by atoms with Gasteiger partial charge in [-0.3, -0.25) is 4.98 Å². The van der Waals surface area contributed by atoms with Crippen LogP contribution in [0.4, 0.5) is 0 Å². The third-order valence-electron chi connectivity index (χ3n) is 2.51. The highest BCUT2D eigenvalue weighted by atomic mass is 32.1.